The molecule has 0 aliphatic rings. The molecule has 0 spiro atoms. The molecule has 2 rings (SSSR count). The third kappa shape index (κ3) is 5.35. The summed E-state index contributed by atoms with van der Waals surface area (Å²) in [4.78, 5) is 33.8. The fourth-order valence-corrected chi connectivity index (χ4v) is 2.64. The van der Waals surface area contributed by atoms with E-state index in [0.717, 1.165) is 5.56 Å². The molecule has 9 heteroatoms. The van der Waals surface area contributed by atoms with E-state index in [1.165, 1.54) is 31.2 Å². The van der Waals surface area contributed by atoms with E-state index in [-0.39, 0.29) is 15.7 Å². The first-order valence-electron chi connectivity index (χ1n) is 7.34. The minimum atomic E-state index is -1.04. The molecule has 0 saturated carbocycles. The Hall–Kier alpha value is -2.81. The van der Waals surface area contributed by atoms with Crippen molar-refractivity contribution >= 4 is 28.2 Å². The summed E-state index contributed by atoms with van der Waals surface area (Å²) in [5.74, 6) is -1.61. The van der Waals surface area contributed by atoms with Gasteiger partial charge >= 0.3 is 11.0 Å². The number of halogens is 1. The SMILES string of the molecule is C[C@@H](OC(=O)c1ccc([N+](=O)[O-])s1)C(=O)NCCc1ccc(F)cc1. The topological polar surface area (TPSA) is 98.5 Å². The van der Waals surface area contributed by atoms with Gasteiger partial charge in [0.15, 0.2) is 6.10 Å². The molecule has 2 aromatic rings. The molecule has 1 aromatic heterocycles. The number of thiophene rings is 1. The first-order chi connectivity index (χ1) is 11.9. The highest BCUT2D eigenvalue weighted by Gasteiger charge is 2.21. The van der Waals surface area contributed by atoms with Crippen molar-refractivity contribution in [3.63, 3.8) is 0 Å². The van der Waals surface area contributed by atoms with Crippen molar-refractivity contribution in [2.24, 2.45) is 0 Å². The average Bonchev–Trinajstić information content (AvgIpc) is 3.07. The number of hydrogen-bond donors (Lipinski definition) is 1. The monoisotopic (exact) mass is 366 g/mol. The number of hydrogen-bond acceptors (Lipinski definition) is 6. The molecule has 0 unspecified atom stereocenters. The van der Waals surface area contributed by atoms with Crippen molar-refractivity contribution in [2.75, 3.05) is 6.54 Å². The van der Waals surface area contributed by atoms with Gasteiger partial charge in [-0.1, -0.05) is 23.5 Å². The lowest BCUT2D eigenvalue weighted by Crippen LogP contribution is -2.36. The van der Waals surface area contributed by atoms with Crippen LogP contribution in [0.5, 0.6) is 0 Å². The van der Waals surface area contributed by atoms with Gasteiger partial charge in [0.1, 0.15) is 10.7 Å². The number of nitrogens with zero attached hydrogens (tertiary/aromatic N) is 1. The molecule has 1 amide bonds. The van der Waals surface area contributed by atoms with E-state index in [1.807, 2.05) is 0 Å². The molecule has 0 bridgehead atoms. The summed E-state index contributed by atoms with van der Waals surface area (Å²) in [7, 11) is 0. The van der Waals surface area contributed by atoms with Gasteiger partial charge in [0.2, 0.25) is 0 Å². The second kappa shape index (κ2) is 8.34. The molecule has 0 saturated heterocycles. The summed E-state index contributed by atoms with van der Waals surface area (Å²) in [6.45, 7) is 1.71. The van der Waals surface area contributed by atoms with Gasteiger partial charge in [-0.25, -0.2) is 9.18 Å². The lowest BCUT2D eigenvalue weighted by atomic mass is 10.1. The standard InChI is InChI=1S/C16H15FN2O5S/c1-10(24-16(21)13-6-7-14(25-13)19(22)23)15(20)18-9-8-11-2-4-12(17)5-3-11/h2-7,10H,8-9H2,1H3,(H,18,20)/t10-/m1/s1. The van der Waals surface area contributed by atoms with Crippen LogP contribution < -0.4 is 5.32 Å². The van der Waals surface area contributed by atoms with Crippen molar-refractivity contribution in [1.82, 2.24) is 5.32 Å². The number of carbonyl (C=O) groups is 2. The van der Waals surface area contributed by atoms with E-state index < -0.39 is 22.9 Å². The van der Waals surface area contributed by atoms with Crippen LogP contribution >= 0.6 is 11.3 Å². The van der Waals surface area contributed by atoms with Crippen LogP contribution in [-0.2, 0) is 16.0 Å². The summed E-state index contributed by atoms with van der Waals surface area (Å²) in [6, 6.07) is 8.39. The Morgan fingerprint density at radius 3 is 2.56 bits per heavy atom. The number of nitrogens with one attached hydrogen (secondary N) is 1. The minimum absolute atomic E-state index is 0.0534. The highest BCUT2D eigenvalue weighted by Crippen LogP contribution is 2.24. The fraction of sp³-hybridized carbons (Fsp3) is 0.250. The summed E-state index contributed by atoms with van der Waals surface area (Å²) >= 11 is 0.683. The van der Waals surface area contributed by atoms with Gasteiger partial charge in [0.05, 0.1) is 4.92 Å². The maximum absolute atomic E-state index is 12.8. The molecular weight excluding hydrogens is 351 g/mol. The summed E-state index contributed by atoms with van der Waals surface area (Å²) in [6.07, 6.45) is -0.536. The normalized spacial score (nSPS) is 11.6. The van der Waals surface area contributed by atoms with E-state index >= 15 is 0 Å². The third-order valence-corrected chi connectivity index (χ3v) is 4.27. The highest BCUT2D eigenvalue weighted by molar-refractivity contribution is 7.17. The first-order valence-corrected chi connectivity index (χ1v) is 8.16. The number of esters is 1. The van der Waals surface area contributed by atoms with Crippen LogP contribution in [0.3, 0.4) is 0 Å². The number of amides is 1. The van der Waals surface area contributed by atoms with Crippen molar-refractivity contribution in [3.8, 4) is 0 Å². The van der Waals surface area contributed by atoms with Gasteiger partial charge in [-0.3, -0.25) is 14.9 Å². The maximum Gasteiger partial charge on any atom is 0.349 e. The Balaban J connectivity index is 1.79. The quantitative estimate of drug-likeness (QED) is 0.461. The van der Waals surface area contributed by atoms with Crippen molar-refractivity contribution in [2.45, 2.75) is 19.4 Å². The van der Waals surface area contributed by atoms with E-state index in [9.17, 15) is 24.1 Å². The van der Waals surface area contributed by atoms with Crippen LogP contribution in [0, 0.1) is 15.9 Å². The van der Waals surface area contributed by atoms with Crippen LogP contribution in [0.25, 0.3) is 0 Å². The van der Waals surface area contributed by atoms with Gasteiger partial charge < -0.3 is 10.1 Å². The molecule has 0 aliphatic carbocycles. The zero-order valence-electron chi connectivity index (χ0n) is 13.2. The van der Waals surface area contributed by atoms with Gasteiger partial charge in [0.25, 0.3) is 5.91 Å². The Kier molecular flexibility index (Phi) is 6.18. The first kappa shape index (κ1) is 18.5. The van der Waals surface area contributed by atoms with E-state index in [0.29, 0.717) is 24.3 Å². The van der Waals surface area contributed by atoms with Gasteiger partial charge in [-0.05, 0) is 37.1 Å². The van der Waals surface area contributed by atoms with Crippen LogP contribution in [0.15, 0.2) is 36.4 Å². The lowest BCUT2D eigenvalue weighted by Gasteiger charge is -2.12. The molecule has 0 radical (unpaired) electrons. The number of carbonyl (C=O) groups excluding carboxylic acids is 2. The zero-order chi connectivity index (χ0) is 18.4. The van der Waals surface area contributed by atoms with Crippen molar-refractivity contribution in [1.29, 1.82) is 0 Å². The predicted molar refractivity (Wildman–Crippen MR) is 89.0 cm³/mol. The van der Waals surface area contributed by atoms with Gasteiger partial charge in [-0.2, -0.15) is 0 Å². The van der Waals surface area contributed by atoms with Crippen LogP contribution in [0.1, 0.15) is 22.2 Å². The molecule has 0 fully saturated rings. The molecule has 1 atom stereocenters. The van der Waals surface area contributed by atoms with E-state index in [1.54, 1.807) is 12.1 Å². The molecule has 1 heterocycles. The van der Waals surface area contributed by atoms with Crippen LogP contribution in [-0.4, -0.2) is 29.4 Å². The predicted octanol–water partition coefficient (Wildman–Crippen LogP) is 2.70. The number of rotatable bonds is 7. The largest absolute Gasteiger partial charge is 0.448 e. The minimum Gasteiger partial charge on any atom is -0.448 e. The molecule has 25 heavy (non-hydrogen) atoms. The Morgan fingerprint density at radius 2 is 1.96 bits per heavy atom. The molecule has 1 aromatic carbocycles. The average molecular weight is 366 g/mol. The highest BCUT2D eigenvalue weighted by atomic mass is 32.1. The van der Waals surface area contributed by atoms with Crippen molar-refractivity contribution < 1.29 is 23.6 Å². The fourth-order valence-electron chi connectivity index (χ4n) is 1.93. The number of nitro groups is 1. The Morgan fingerprint density at radius 1 is 1.28 bits per heavy atom. The van der Waals surface area contributed by atoms with Crippen molar-refractivity contribution in [3.05, 3.63) is 62.8 Å². The van der Waals surface area contributed by atoms with E-state index in [4.69, 9.17) is 4.74 Å². The molecule has 7 nitrogen and oxygen atoms in total. The summed E-state index contributed by atoms with van der Waals surface area (Å²) < 4.78 is 17.8. The Bertz CT molecular complexity index is 775. The third-order valence-electron chi connectivity index (χ3n) is 3.25. The summed E-state index contributed by atoms with van der Waals surface area (Å²) in [5.41, 5.74) is 0.859. The van der Waals surface area contributed by atoms with Crippen LogP contribution in [0.4, 0.5) is 9.39 Å². The summed E-state index contributed by atoms with van der Waals surface area (Å²) in [5, 5.41) is 13.0. The smallest absolute Gasteiger partial charge is 0.349 e. The molecule has 0 aliphatic heterocycles. The van der Waals surface area contributed by atoms with Gasteiger partial charge in [-0.15, -0.1) is 0 Å². The number of benzene rings is 1. The van der Waals surface area contributed by atoms with Crippen LogP contribution in [0.2, 0.25) is 0 Å². The molecular formula is C16H15FN2O5S. The maximum atomic E-state index is 12.8. The molecule has 1 N–H and O–H groups in total. The van der Waals surface area contributed by atoms with Gasteiger partial charge in [0, 0.05) is 12.6 Å². The Labute approximate surface area is 146 Å². The zero-order valence-corrected chi connectivity index (χ0v) is 14.0. The molecule has 132 valence electrons. The lowest BCUT2D eigenvalue weighted by molar-refractivity contribution is -0.380. The second-order valence-corrected chi connectivity index (χ2v) is 6.17. The van der Waals surface area contributed by atoms with E-state index in [2.05, 4.69) is 5.32 Å². The number of ether oxygens (including phenoxy) is 1. The second-order valence-electron chi connectivity index (χ2n) is 5.11.